The number of rotatable bonds is 4. The van der Waals surface area contributed by atoms with Crippen LogP contribution in [0, 0.1) is 0 Å². The van der Waals surface area contributed by atoms with Crippen molar-refractivity contribution < 1.29 is 4.79 Å². The number of aryl methyl sites for hydroxylation is 1. The second kappa shape index (κ2) is 8.96. The lowest BCUT2D eigenvalue weighted by molar-refractivity contribution is 0.0962. The number of benzene rings is 1. The molecule has 0 radical (unpaired) electrons. The van der Waals surface area contributed by atoms with Gasteiger partial charge in [0.25, 0.3) is 5.91 Å². The van der Waals surface area contributed by atoms with E-state index in [1.165, 1.54) is 0 Å². The number of carbonyl (C=O) groups is 1. The molecule has 0 aromatic heterocycles. The van der Waals surface area contributed by atoms with E-state index in [0.717, 1.165) is 30.4 Å². The Kier molecular flexibility index (Phi) is 8.22. The molecule has 1 rings (SSSR count). The van der Waals surface area contributed by atoms with E-state index in [2.05, 4.69) is 12.2 Å². The summed E-state index contributed by atoms with van der Waals surface area (Å²) in [7, 11) is 1.67. The van der Waals surface area contributed by atoms with E-state index < -0.39 is 0 Å². The molecule has 0 bridgehead atoms. The van der Waals surface area contributed by atoms with Crippen molar-refractivity contribution in [3.8, 4) is 0 Å². The van der Waals surface area contributed by atoms with Gasteiger partial charge in [-0.25, -0.2) is 0 Å². The van der Waals surface area contributed by atoms with E-state index in [9.17, 15) is 4.79 Å². The molecule has 0 saturated carbocycles. The fourth-order valence-corrected chi connectivity index (χ4v) is 1.46. The maximum atomic E-state index is 11.5. The van der Waals surface area contributed by atoms with Crippen LogP contribution < -0.4 is 5.32 Å². The predicted octanol–water partition coefficient (Wildman–Crippen LogP) is 3.42. The van der Waals surface area contributed by atoms with Crippen LogP contribution in [0.15, 0.2) is 24.3 Å². The molecule has 0 fully saturated rings. The first-order valence-electron chi connectivity index (χ1n) is 6.09. The fourth-order valence-electron chi connectivity index (χ4n) is 1.46. The van der Waals surface area contributed by atoms with Crippen LogP contribution in [0.5, 0.6) is 0 Å². The van der Waals surface area contributed by atoms with Crippen molar-refractivity contribution in [1.29, 1.82) is 0 Å². The zero-order chi connectivity index (χ0) is 12.4. The van der Waals surface area contributed by atoms with Gasteiger partial charge in [-0.2, -0.15) is 0 Å². The summed E-state index contributed by atoms with van der Waals surface area (Å²) in [6, 6.07) is 7.79. The normalized spacial score (nSPS) is 9.00. The highest BCUT2D eigenvalue weighted by Gasteiger charge is 2.07. The van der Waals surface area contributed by atoms with Gasteiger partial charge in [-0.3, -0.25) is 4.79 Å². The third kappa shape index (κ3) is 4.47. The maximum Gasteiger partial charge on any atom is 0.251 e. The lowest BCUT2D eigenvalue weighted by Gasteiger charge is -2.06. The molecule has 0 atom stereocenters. The standard InChI is InChI=1S/C12H17NO.C2H6/c1-3-4-7-10-8-5-6-9-11(10)12(14)13-2;1-2/h5-6,8-9H,3-4,7H2,1-2H3,(H,13,14);1-2H3. The minimum absolute atomic E-state index is 0.0108. The molecule has 0 spiro atoms. The highest BCUT2D eigenvalue weighted by molar-refractivity contribution is 5.95. The Hall–Kier alpha value is -1.31. The molecule has 0 aliphatic heterocycles. The van der Waals surface area contributed by atoms with E-state index in [-0.39, 0.29) is 5.91 Å². The van der Waals surface area contributed by atoms with E-state index in [0.29, 0.717) is 0 Å². The SMILES string of the molecule is CC.CCCCc1ccccc1C(=O)NC. The van der Waals surface area contributed by atoms with Gasteiger partial charge in [-0.1, -0.05) is 45.4 Å². The Morgan fingerprint density at radius 3 is 2.44 bits per heavy atom. The van der Waals surface area contributed by atoms with Gasteiger partial charge in [0.1, 0.15) is 0 Å². The Morgan fingerprint density at radius 1 is 1.25 bits per heavy atom. The van der Waals surface area contributed by atoms with Gasteiger partial charge >= 0.3 is 0 Å². The third-order valence-electron chi connectivity index (χ3n) is 2.29. The van der Waals surface area contributed by atoms with Gasteiger partial charge in [0.05, 0.1) is 0 Å². The largest absolute Gasteiger partial charge is 0.355 e. The molecule has 1 N–H and O–H groups in total. The Bertz CT molecular complexity index is 307. The highest BCUT2D eigenvalue weighted by atomic mass is 16.1. The summed E-state index contributed by atoms with van der Waals surface area (Å²) < 4.78 is 0. The van der Waals surface area contributed by atoms with Crippen LogP contribution in [-0.2, 0) is 6.42 Å². The van der Waals surface area contributed by atoms with Crippen molar-refractivity contribution in [3.63, 3.8) is 0 Å². The second-order valence-corrected chi connectivity index (χ2v) is 3.34. The molecule has 0 saturated heterocycles. The quantitative estimate of drug-likeness (QED) is 0.829. The first-order chi connectivity index (χ1) is 7.79. The Labute approximate surface area is 99.1 Å². The lowest BCUT2D eigenvalue weighted by Crippen LogP contribution is -2.19. The first-order valence-corrected chi connectivity index (χ1v) is 6.09. The van der Waals surface area contributed by atoms with Gasteiger partial charge in [-0.05, 0) is 24.5 Å². The Balaban J connectivity index is 0.00000106. The minimum atomic E-state index is 0.0108. The van der Waals surface area contributed by atoms with Crippen molar-refractivity contribution in [1.82, 2.24) is 5.32 Å². The summed E-state index contributed by atoms with van der Waals surface area (Å²) in [5.41, 5.74) is 1.96. The molecule has 1 aromatic rings. The average Bonchev–Trinajstić information content (AvgIpc) is 2.38. The molecular weight excluding hydrogens is 198 g/mol. The van der Waals surface area contributed by atoms with Crippen molar-refractivity contribution in [2.75, 3.05) is 7.05 Å². The van der Waals surface area contributed by atoms with Gasteiger partial charge in [0.15, 0.2) is 0 Å². The average molecular weight is 221 g/mol. The molecular formula is C14H23NO. The zero-order valence-electron chi connectivity index (χ0n) is 10.8. The lowest BCUT2D eigenvalue weighted by atomic mass is 10.0. The summed E-state index contributed by atoms with van der Waals surface area (Å²) in [6.07, 6.45) is 3.27. The summed E-state index contributed by atoms with van der Waals surface area (Å²) in [5, 5.41) is 2.66. The van der Waals surface area contributed by atoms with Crippen molar-refractivity contribution in [2.45, 2.75) is 40.0 Å². The number of unbranched alkanes of at least 4 members (excludes halogenated alkanes) is 1. The first kappa shape index (κ1) is 14.7. The van der Waals surface area contributed by atoms with Crippen LogP contribution in [-0.4, -0.2) is 13.0 Å². The summed E-state index contributed by atoms with van der Waals surface area (Å²) in [6.45, 7) is 6.16. The molecule has 0 unspecified atom stereocenters. The molecule has 1 aromatic carbocycles. The van der Waals surface area contributed by atoms with Crippen LogP contribution >= 0.6 is 0 Å². The van der Waals surface area contributed by atoms with E-state index in [4.69, 9.17) is 0 Å². The second-order valence-electron chi connectivity index (χ2n) is 3.34. The number of nitrogens with one attached hydrogen (secondary N) is 1. The van der Waals surface area contributed by atoms with Crippen molar-refractivity contribution in [2.24, 2.45) is 0 Å². The van der Waals surface area contributed by atoms with Crippen LogP contribution in [0.4, 0.5) is 0 Å². The minimum Gasteiger partial charge on any atom is -0.355 e. The van der Waals surface area contributed by atoms with Crippen molar-refractivity contribution in [3.05, 3.63) is 35.4 Å². The van der Waals surface area contributed by atoms with Gasteiger partial charge in [0, 0.05) is 12.6 Å². The molecule has 16 heavy (non-hydrogen) atoms. The van der Waals surface area contributed by atoms with Gasteiger partial charge < -0.3 is 5.32 Å². The van der Waals surface area contributed by atoms with E-state index in [1.807, 2.05) is 38.1 Å². The highest BCUT2D eigenvalue weighted by Crippen LogP contribution is 2.11. The van der Waals surface area contributed by atoms with Crippen LogP contribution in [0.1, 0.15) is 49.5 Å². The number of hydrogen-bond acceptors (Lipinski definition) is 1. The van der Waals surface area contributed by atoms with Gasteiger partial charge in [-0.15, -0.1) is 0 Å². The molecule has 90 valence electrons. The number of carbonyl (C=O) groups excluding carboxylic acids is 1. The topological polar surface area (TPSA) is 29.1 Å². The zero-order valence-corrected chi connectivity index (χ0v) is 10.8. The van der Waals surface area contributed by atoms with Crippen LogP contribution in [0.3, 0.4) is 0 Å². The molecule has 1 amide bonds. The molecule has 0 heterocycles. The van der Waals surface area contributed by atoms with Crippen LogP contribution in [0.2, 0.25) is 0 Å². The van der Waals surface area contributed by atoms with E-state index in [1.54, 1.807) is 7.05 Å². The number of amides is 1. The molecule has 2 nitrogen and oxygen atoms in total. The third-order valence-corrected chi connectivity index (χ3v) is 2.29. The predicted molar refractivity (Wildman–Crippen MR) is 69.8 cm³/mol. The monoisotopic (exact) mass is 221 g/mol. The maximum absolute atomic E-state index is 11.5. The van der Waals surface area contributed by atoms with E-state index >= 15 is 0 Å². The summed E-state index contributed by atoms with van der Waals surface area (Å²) in [4.78, 5) is 11.5. The number of hydrogen-bond donors (Lipinski definition) is 1. The summed E-state index contributed by atoms with van der Waals surface area (Å²) >= 11 is 0. The molecule has 0 aliphatic carbocycles. The van der Waals surface area contributed by atoms with Crippen molar-refractivity contribution >= 4 is 5.91 Å². The summed E-state index contributed by atoms with van der Waals surface area (Å²) in [5.74, 6) is 0.0108. The fraction of sp³-hybridized carbons (Fsp3) is 0.500. The molecule has 0 aliphatic rings. The Morgan fingerprint density at radius 2 is 1.88 bits per heavy atom. The van der Waals surface area contributed by atoms with Gasteiger partial charge in [0.2, 0.25) is 0 Å². The molecule has 2 heteroatoms. The smallest absolute Gasteiger partial charge is 0.251 e. The van der Waals surface area contributed by atoms with Crippen LogP contribution in [0.25, 0.3) is 0 Å².